The lowest BCUT2D eigenvalue weighted by atomic mass is 9.95. The largest absolute Gasteiger partial charge is 0.868 e. The molecule has 3 heterocycles. The fraction of sp³-hybridized carbons (Fsp3) is 0.304. The molecule has 1 atom stereocenters. The van der Waals surface area contributed by atoms with Crippen LogP contribution < -0.4 is 14.4 Å². The summed E-state index contributed by atoms with van der Waals surface area (Å²) >= 11 is 1.24. The maximum Gasteiger partial charge on any atom is 0.241 e. The molecule has 32 heavy (non-hydrogen) atoms. The predicted molar refractivity (Wildman–Crippen MR) is 116 cm³/mol. The molecular formula is C23H24N4O4S. The number of aromatic nitrogens is 3. The first-order valence-electron chi connectivity index (χ1n) is 10.3. The highest BCUT2D eigenvalue weighted by molar-refractivity contribution is 7.14. The van der Waals surface area contributed by atoms with Crippen LogP contribution in [-0.4, -0.2) is 40.2 Å². The molecule has 1 unspecified atom stereocenters. The van der Waals surface area contributed by atoms with Gasteiger partial charge in [0.2, 0.25) is 18.0 Å². The summed E-state index contributed by atoms with van der Waals surface area (Å²) < 4.78 is 7.20. The number of H-pyrrole nitrogens is 1. The monoisotopic (exact) mass is 452 g/mol. The Morgan fingerprint density at radius 3 is 2.66 bits per heavy atom. The number of hydrogen-bond acceptors (Lipinski definition) is 6. The van der Waals surface area contributed by atoms with Crippen molar-refractivity contribution in [2.45, 2.75) is 32.9 Å². The Morgan fingerprint density at radius 1 is 1.31 bits per heavy atom. The normalized spacial score (nSPS) is 16.2. The third kappa shape index (κ3) is 4.03. The molecular weight excluding hydrogens is 428 g/mol. The van der Waals surface area contributed by atoms with E-state index in [0.717, 1.165) is 5.01 Å². The summed E-state index contributed by atoms with van der Waals surface area (Å²) in [4.78, 5) is 35.7. The topological polar surface area (TPSA) is 102 Å². The van der Waals surface area contributed by atoms with Crippen molar-refractivity contribution in [2.24, 2.45) is 0 Å². The van der Waals surface area contributed by atoms with E-state index < -0.39 is 23.5 Å². The molecule has 0 bridgehead atoms. The number of aryl methyl sites for hydroxylation is 3. The number of nitrogens with zero attached hydrogens (tertiary/aromatic N) is 3. The van der Waals surface area contributed by atoms with E-state index in [0.29, 0.717) is 41.4 Å². The summed E-state index contributed by atoms with van der Waals surface area (Å²) in [6.45, 7) is 4.57. The number of aromatic amines is 1. The van der Waals surface area contributed by atoms with Crippen LogP contribution in [0.4, 0.5) is 0 Å². The van der Waals surface area contributed by atoms with Crippen molar-refractivity contribution in [1.82, 2.24) is 14.9 Å². The molecule has 2 aromatic heterocycles. The van der Waals surface area contributed by atoms with Crippen LogP contribution in [0.25, 0.3) is 0 Å². The number of thiazole rings is 1. The van der Waals surface area contributed by atoms with Crippen LogP contribution >= 0.6 is 11.3 Å². The molecule has 1 N–H and O–H groups in total. The second kappa shape index (κ2) is 8.96. The van der Waals surface area contributed by atoms with Crippen LogP contribution in [0.3, 0.4) is 0 Å². The molecule has 0 spiro atoms. The predicted octanol–water partition coefficient (Wildman–Crippen LogP) is 1.86. The highest BCUT2D eigenvalue weighted by Gasteiger charge is 2.40. The standard InChI is InChI=1S/C23H24N4O4S/c1-14-22(32-15(2)25-14)20(28)18-19(16-5-7-17(31-3)8-6-16)27(23(30)21(18)29)11-4-10-26-12-9-24-13-26/h5-9,12-13,19H,4,10-11H2,1-3H3,(H,28,29). The van der Waals surface area contributed by atoms with E-state index in [2.05, 4.69) is 9.97 Å². The van der Waals surface area contributed by atoms with Crippen LogP contribution in [0.5, 0.6) is 5.75 Å². The minimum atomic E-state index is -0.744. The Morgan fingerprint density at radius 2 is 2.06 bits per heavy atom. The van der Waals surface area contributed by atoms with Crippen molar-refractivity contribution in [1.29, 1.82) is 0 Å². The van der Waals surface area contributed by atoms with Gasteiger partial charge in [-0.05, 0) is 37.3 Å². The highest BCUT2D eigenvalue weighted by atomic mass is 32.1. The second-order valence-electron chi connectivity index (χ2n) is 7.60. The minimum absolute atomic E-state index is 0.0128. The maximum atomic E-state index is 13.5. The van der Waals surface area contributed by atoms with E-state index >= 15 is 0 Å². The lowest BCUT2D eigenvalue weighted by molar-refractivity contribution is -0.695. The second-order valence-corrected chi connectivity index (χ2v) is 8.80. The van der Waals surface area contributed by atoms with Crippen molar-refractivity contribution < 1.29 is 24.0 Å². The third-order valence-electron chi connectivity index (χ3n) is 5.49. The molecule has 166 valence electrons. The Kier molecular flexibility index (Phi) is 6.09. The SMILES string of the molecule is COc1ccc(C2C(C(=O)c3sc(C)nc3C)=C([O-])C(=O)N2CCC[n+]2cc[nH]c2)cc1. The first-order chi connectivity index (χ1) is 15.4. The lowest BCUT2D eigenvalue weighted by Crippen LogP contribution is -2.37. The fourth-order valence-corrected chi connectivity index (χ4v) is 4.86. The molecule has 0 aliphatic carbocycles. The van der Waals surface area contributed by atoms with Crippen LogP contribution in [-0.2, 0) is 11.3 Å². The molecule has 0 saturated carbocycles. The number of ketones is 1. The van der Waals surface area contributed by atoms with Gasteiger partial charge in [0.1, 0.15) is 18.1 Å². The number of carbonyl (C=O) groups is 2. The van der Waals surface area contributed by atoms with Gasteiger partial charge in [0, 0.05) is 18.5 Å². The quantitative estimate of drug-likeness (QED) is 0.415. The van der Waals surface area contributed by atoms with E-state index in [1.165, 1.54) is 16.2 Å². The summed E-state index contributed by atoms with van der Waals surface area (Å²) in [6.07, 6.45) is 6.17. The van der Waals surface area contributed by atoms with Gasteiger partial charge in [-0.3, -0.25) is 14.6 Å². The summed E-state index contributed by atoms with van der Waals surface area (Å²) in [5.41, 5.74) is 1.25. The Labute approximate surface area is 189 Å². The zero-order valence-electron chi connectivity index (χ0n) is 18.1. The van der Waals surface area contributed by atoms with E-state index in [1.807, 2.05) is 30.2 Å². The van der Waals surface area contributed by atoms with Crippen LogP contribution in [0.1, 0.15) is 38.4 Å². The molecule has 8 nitrogen and oxygen atoms in total. The Bertz CT molecular complexity index is 1170. The number of benzene rings is 1. The zero-order valence-corrected chi connectivity index (χ0v) is 18.9. The van der Waals surface area contributed by atoms with Crippen molar-refractivity contribution in [3.63, 3.8) is 0 Å². The van der Waals surface area contributed by atoms with E-state index in [4.69, 9.17) is 4.74 Å². The smallest absolute Gasteiger partial charge is 0.241 e. The van der Waals surface area contributed by atoms with Crippen LogP contribution in [0, 0.1) is 13.8 Å². The first-order valence-corrected chi connectivity index (χ1v) is 11.1. The molecule has 4 rings (SSSR count). The number of rotatable bonds is 8. The molecule has 3 aromatic rings. The summed E-state index contributed by atoms with van der Waals surface area (Å²) in [5, 5.41) is 13.8. The minimum Gasteiger partial charge on any atom is -0.868 e. The number of nitrogens with one attached hydrogen (secondary N) is 1. The first kappa shape index (κ1) is 21.8. The Balaban J connectivity index is 1.69. The molecule has 0 saturated heterocycles. The van der Waals surface area contributed by atoms with Gasteiger partial charge in [-0.25, -0.2) is 9.55 Å². The number of ether oxygens (including phenoxy) is 1. The van der Waals surface area contributed by atoms with Gasteiger partial charge in [-0.15, -0.1) is 11.3 Å². The van der Waals surface area contributed by atoms with Gasteiger partial charge in [0.15, 0.2) is 0 Å². The third-order valence-corrected chi connectivity index (χ3v) is 6.56. The van der Waals surface area contributed by atoms with Gasteiger partial charge in [0.05, 0.1) is 35.3 Å². The maximum absolute atomic E-state index is 13.5. The highest BCUT2D eigenvalue weighted by Crippen LogP contribution is 2.39. The molecule has 0 radical (unpaired) electrons. The van der Waals surface area contributed by atoms with Crippen molar-refractivity contribution in [3.8, 4) is 5.75 Å². The van der Waals surface area contributed by atoms with Crippen molar-refractivity contribution in [2.75, 3.05) is 13.7 Å². The van der Waals surface area contributed by atoms with Crippen LogP contribution in [0.2, 0.25) is 0 Å². The molecule has 1 aliphatic heterocycles. The molecule has 1 aromatic carbocycles. The number of imidazole rings is 1. The van der Waals surface area contributed by atoms with Gasteiger partial charge >= 0.3 is 0 Å². The average Bonchev–Trinajstić information content (AvgIpc) is 3.48. The number of methoxy groups -OCH3 is 1. The zero-order chi connectivity index (χ0) is 22.8. The van der Waals surface area contributed by atoms with Crippen molar-refractivity contribution in [3.05, 3.63) is 75.5 Å². The van der Waals surface area contributed by atoms with E-state index in [1.54, 1.807) is 38.3 Å². The fourth-order valence-electron chi connectivity index (χ4n) is 3.98. The van der Waals surface area contributed by atoms with E-state index in [-0.39, 0.29) is 5.57 Å². The molecule has 1 amide bonds. The molecule has 1 aliphatic rings. The van der Waals surface area contributed by atoms with Gasteiger partial charge in [-0.2, -0.15) is 0 Å². The van der Waals surface area contributed by atoms with E-state index in [9.17, 15) is 14.7 Å². The number of carbonyl (C=O) groups excluding carboxylic acids is 2. The van der Waals surface area contributed by atoms with Crippen molar-refractivity contribution >= 4 is 23.0 Å². The summed E-state index contributed by atoms with van der Waals surface area (Å²) in [6, 6.07) is 6.37. The molecule has 9 heteroatoms. The van der Waals surface area contributed by atoms with Gasteiger partial charge in [0.25, 0.3) is 0 Å². The lowest BCUT2D eigenvalue weighted by Gasteiger charge is -2.27. The van der Waals surface area contributed by atoms with Gasteiger partial charge < -0.3 is 14.7 Å². The number of Topliss-reactive ketones (excluding diaryl/α,β-unsaturated/α-hetero) is 1. The number of amides is 1. The molecule has 0 fully saturated rings. The average molecular weight is 453 g/mol. The van der Waals surface area contributed by atoms with Crippen LogP contribution in [0.15, 0.2) is 54.3 Å². The summed E-state index contributed by atoms with van der Waals surface area (Å²) in [7, 11) is 1.57. The Hall–Kier alpha value is -3.46. The summed E-state index contributed by atoms with van der Waals surface area (Å²) in [5.74, 6) is -1.15. The van der Waals surface area contributed by atoms with Gasteiger partial charge in [-0.1, -0.05) is 12.1 Å². The number of hydrogen-bond donors (Lipinski definition) is 1.